The third kappa shape index (κ3) is 5.35. The first-order valence-corrected chi connectivity index (χ1v) is 5.21. The van der Waals surface area contributed by atoms with Crippen molar-refractivity contribution in [1.82, 2.24) is 4.86 Å². The van der Waals surface area contributed by atoms with Crippen LogP contribution in [0.3, 0.4) is 0 Å². The lowest BCUT2D eigenvalue weighted by molar-refractivity contribution is 1.71. The first-order valence-electron chi connectivity index (χ1n) is 1.22. The van der Waals surface area contributed by atoms with Gasteiger partial charge in [-0.2, -0.15) is 0 Å². The summed E-state index contributed by atoms with van der Waals surface area (Å²) in [6, 6.07) is 0. The molecule has 0 spiro atoms. The van der Waals surface area contributed by atoms with Gasteiger partial charge in [-0.15, -0.1) is 0 Å². The van der Waals surface area contributed by atoms with Crippen LogP contribution in [0.25, 0.3) is 0 Å². The summed E-state index contributed by atoms with van der Waals surface area (Å²) in [5.74, 6) is 0. The zero-order chi connectivity index (χ0) is 4.83. The van der Waals surface area contributed by atoms with Gasteiger partial charge in [0.25, 0.3) is 0 Å². The summed E-state index contributed by atoms with van der Waals surface area (Å²) in [6.07, 6.45) is 0. The maximum Gasteiger partial charge on any atom is 0.0803 e. The smallest absolute Gasteiger partial charge is 0.0803 e. The van der Waals surface area contributed by atoms with E-state index < -0.39 is 0 Å². The zero-order valence-electron chi connectivity index (χ0n) is 3.05. The fourth-order valence-electron chi connectivity index (χ4n) is 0.0577. The summed E-state index contributed by atoms with van der Waals surface area (Å²) in [5, 5.41) is 0. The Morgan fingerprint density at radius 3 is 2.67 bits per heavy atom. The van der Waals surface area contributed by atoms with Gasteiger partial charge in [-0.25, -0.2) is 4.52 Å². The van der Waals surface area contributed by atoms with Crippen LogP contribution in [0.15, 0.2) is 4.52 Å². The predicted molar refractivity (Wildman–Crippen MR) is 40.2 cm³/mol. The maximum absolute atomic E-state index is 3.92. The van der Waals surface area contributed by atoms with E-state index in [0.717, 1.165) is 8.06 Å². The minimum absolute atomic E-state index is 0.520. The second-order valence-electron chi connectivity index (χ2n) is 0.472. The molecule has 36 valence electrons. The summed E-state index contributed by atoms with van der Waals surface area (Å²) in [4.78, 5) is 2.83. The van der Waals surface area contributed by atoms with Crippen LogP contribution in [0.1, 0.15) is 0 Å². The molecule has 3 atom stereocenters. The highest BCUT2D eigenvalue weighted by Crippen LogP contribution is 2.20. The highest BCUT2D eigenvalue weighted by Gasteiger charge is 1.61. The molecule has 0 aliphatic heterocycles. The van der Waals surface area contributed by atoms with E-state index in [1.165, 1.54) is 0 Å². The lowest BCUT2D eigenvalue weighted by atomic mass is 13.8. The van der Waals surface area contributed by atoms with Gasteiger partial charge in [0.15, 0.2) is 0 Å². The van der Waals surface area contributed by atoms with E-state index in [1.54, 1.807) is 0 Å². The van der Waals surface area contributed by atoms with E-state index in [0.29, 0.717) is 8.88 Å². The van der Waals surface area contributed by atoms with E-state index >= 15 is 0 Å². The highest BCUT2D eigenvalue weighted by atomic mass is 32.0. The normalized spacial score (nSPS) is 12.3. The van der Waals surface area contributed by atoms with Crippen molar-refractivity contribution in [3.63, 3.8) is 0 Å². The van der Waals surface area contributed by atoms with Gasteiger partial charge in [-0.05, 0) is 0 Å². The molecule has 0 radical (unpaired) electrons. The lowest BCUT2D eigenvalue weighted by Crippen LogP contribution is -1.64. The van der Waals surface area contributed by atoms with Crippen LogP contribution in [0.4, 0.5) is 0 Å². The van der Waals surface area contributed by atoms with Gasteiger partial charge in [-0.3, -0.25) is 4.86 Å². The quantitative estimate of drug-likeness (QED) is 0.608. The van der Waals surface area contributed by atoms with Gasteiger partial charge in [0.2, 0.25) is 0 Å². The molecule has 3 unspecified atom stereocenters. The van der Waals surface area contributed by atoms with Crippen molar-refractivity contribution in [3.8, 4) is 0 Å². The fourth-order valence-corrected chi connectivity index (χ4v) is 1.56. The minimum atomic E-state index is 0.520. The standard InChI is InChI=1S/H6N2P4/c3-1-5-2-6-4/h1,5H,3-4H2. The topological polar surface area (TPSA) is 24.4 Å². The Bertz CT molecular complexity index is 40.8. The first kappa shape index (κ1) is 7.35. The van der Waals surface area contributed by atoms with Crippen LogP contribution in [0.5, 0.6) is 0 Å². The van der Waals surface area contributed by atoms with E-state index in [9.17, 15) is 0 Å². The Kier molecular flexibility index (Phi) is 7.78. The van der Waals surface area contributed by atoms with Crippen LogP contribution in [-0.4, -0.2) is 0 Å². The number of nitrogens with zero attached hydrogens (tertiary/aromatic N) is 1. The van der Waals surface area contributed by atoms with Crippen LogP contribution in [-0.2, 0) is 0 Å². The molecule has 0 aromatic carbocycles. The van der Waals surface area contributed by atoms with Crippen LogP contribution >= 0.6 is 35.3 Å². The zero-order valence-corrected chi connectivity index (χ0v) is 7.25. The van der Waals surface area contributed by atoms with E-state index in [-0.39, 0.29) is 0 Å². The molecular weight excluding hydrogens is 152 g/mol. The molecule has 0 aliphatic rings. The molecule has 0 fully saturated rings. The molecule has 0 aromatic rings. The number of rotatable bonds is 2. The van der Waals surface area contributed by atoms with E-state index in [2.05, 4.69) is 27.7 Å². The Morgan fingerprint density at radius 2 is 2.50 bits per heavy atom. The van der Waals surface area contributed by atoms with Gasteiger partial charge in [0.1, 0.15) is 0 Å². The summed E-state index contributed by atoms with van der Waals surface area (Å²) in [6.45, 7) is 0. The minimum Gasteiger partial charge on any atom is -0.263 e. The Morgan fingerprint density at radius 1 is 1.83 bits per heavy atom. The molecule has 0 rings (SSSR count). The SMILES string of the molecule is PNPN=PP. The Balaban J connectivity index is 2.66. The molecule has 0 bridgehead atoms. The number of hydrogen-bond donors (Lipinski definition) is 1. The van der Waals surface area contributed by atoms with Gasteiger partial charge < -0.3 is 0 Å². The van der Waals surface area contributed by atoms with Crippen molar-refractivity contribution in [2.75, 3.05) is 0 Å². The molecule has 1 N–H and O–H groups in total. The van der Waals surface area contributed by atoms with E-state index in [4.69, 9.17) is 0 Å². The number of hydrogen-bond acceptors (Lipinski definition) is 2. The van der Waals surface area contributed by atoms with Gasteiger partial charge >= 0.3 is 0 Å². The molecule has 2 nitrogen and oxygen atoms in total. The summed E-state index contributed by atoms with van der Waals surface area (Å²) in [5.41, 5.74) is 0. The molecule has 6 heteroatoms. The van der Waals surface area contributed by atoms with Crippen molar-refractivity contribution >= 4 is 35.3 Å². The monoisotopic (exact) mass is 158 g/mol. The van der Waals surface area contributed by atoms with Crippen LogP contribution in [0, 0.1) is 0 Å². The number of nitrogens with one attached hydrogen (secondary N) is 1. The van der Waals surface area contributed by atoms with E-state index in [1.807, 2.05) is 0 Å². The highest BCUT2D eigenvalue weighted by molar-refractivity contribution is 7.98. The predicted octanol–water partition coefficient (Wildman–Crippen LogP) is 1.79. The Labute approximate surface area is 45.4 Å². The van der Waals surface area contributed by atoms with Crippen LogP contribution < -0.4 is 4.86 Å². The molecular formula is H6N2P4. The lowest BCUT2D eigenvalue weighted by Gasteiger charge is -1.80. The molecule has 0 aliphatic carbocycles. The van der Waals surface area contributed by atoms with Crippen molar-refractivity contribution in [3.05, 3.63) is 0 Å². The average Bonchev–Trinajstić information content (AvgIpc) is 1.61. The third-order valence-electron chi connectivity index (χ3n) is 0.172. The molecule has 0 aromatic heterocycles. The first-order chi connectivity index (χ1) is 2.91. The molecule has 6 heavy (non-hydrogen) atoms. The molecule has 0 amide bonds. The van der Waals surface area contributed by atoms with Crippen molar-refractivity contribution in [1.29, 1.82) is 0 Å². The second-order valence-corrected chi connectivity index (χ2v) is 3.57. The summed E-state index contributed by atoms with van der Waals surface area (Å²) < 4.78 is 3.92. The average molecular weight is 158 g/mol. The van der Waals surface area contributed by atoms with Gasteiger partial charge in [-0.1, -0.05) is 18.3 Å². The maximum atomic E-state index is 3.92. The van der Waals surface area contributed by atoms with Gasteiger partial charge in [0, 0.05) is 8.06 Å². The Hall–Kier alpha value is 1.35. The van der Waals surface area contributed by atoms with Crippen molar-refractivity contribution in [2.45, 2.75) is 0 Å². The van der Waals surface area contributed by atoms with Gasteiger partial charge in [0.05, 0.1) is 8.88 Å². The van der Waals surface area contributed by atoms with Crippen molar-refractivity contribution < 1.29 is 0 Å². The third-order valence-corrected chi connectivity index (χ3v) is 2.59. The molecule has 0 saturated carbocycles. The summed E-state index contributed by atoms with van der Waals surface area (Å²) >= 11 is 0. The largest absolute Gasteiger partial charge is 0.263 e. The summed E-state index contributed by atoms with van der Waals surface area (Å²) in [7, 11) is 6.42. The fraction of sp³-hybridized carbons (Fsp3) is 0. The molecule has 0 saturated heterocycles. The van der Waals surface area contributed by atoms with Crippen LogP contribution in [0.2, 0.25) is 0 Å². The van der Waals surface area contributed by atoms with Crippen molar-refractivity contribution in [2.24, 2.45) is 4.52 Å². The molecule has 0 heterocycles. The second kappa shape index (κ2) is 6.35.